The fourth-order valence-corrected chi connectivity index (χ4v) is 4.36. The molecule has 0 unspecified atom stereocenters. The van der Waals surface area contributed by atoms with Gasteiger partial charge in [0.25, 0.3) is 5.91 Å². The van der Waals surface area contributed by atoms with Crippen LogP contribution in [0.25, 0.3) is 16.5 Å². The van der Waals surface area contributed by atoms with Gasteiger partial charge in [0.05, 0.1) is 0 Å². The Kier molecular flexibility index (Phi) is 6.40. The van der Waals surface area contributed by atoms with Gasteiger partial charge in [-0.15, -0.1) is 5.10 Å². The van der Waals surface area contributed by atoms with Gasteiger partial charge in [0.1, 0.15) is 17.3 Å². The zero-order valence-electron chi connectivity index (χ0n) is 19.2. The molecule has 0 saturated carbocycles. The molecule has 184 valence electrons. The van der Waals surface area contributed by atoms with Crippen LogP contribution in [0.4, 0.5) is 10.1 Å². The third-order valence-corrected chi connectivity index (χ3v) is 6.41. The lowest BCUT2D eigenvalue weighted by atomic mass is 9.95. The standard InChI is InChI=1S/C25H24FN7O3/c26-20-13-17-3-1-2-4-18(17)14-21(20)33-23(29-30-31-33)24(34)28-19-7-5-15(6-8-19)22(27)32-11-9-16(10-12-32)25(35)36/h1-8,13-14,16,25,27,35-36H,9-12H2,(H,28,34). The summed E-state index contributed by atoms with van der Waals surface area (Å²) in [6, 6.07) is 17.0. The zero-order valence-corrected chi connectivity index (χ0v) is 19.2. The molecular formula is C25H24FN7O3. The second-order valence-electron chi connectivity index (χ2n) is 8.68. The SMILES string of the molecule is N=C(c1ccc(NC(=O)c2nnnn2-c2cc3ccccc3cc2F)cc1)N1CCC(C(O)O)CC1. The van der Waals surface area contributed by atoms with Crippen LogP contribution in [0, 0.1) is 17.1 Å². The summed E-state index contributed by atoms with van der Waals surface area (Å²) >= 11 is 0. The van der Waals surface area contributed by atoms with Crippen molar-refractivity contribution in [1.82, 2.24) is 25.1 Å². The van der Waals surface area contributed by atoms with E-state index in [4.69, 9.17) is 5.41 Å². The van der Waals surface area contributed by atoms with Crippen LogP contribution < -0.4 is 5.32 Å². The summed E-state index contributed by atoms with van der Waals surface area (Å²) in [5.74, 6) is -1.19. The topological polar surface area (TPSA) is 140 Å². The number of tetrazole rings is 1. The van der Waals surface area contributed by atoms with E-state index < -0.39 is 18.0 Å². The quantitative estimate of drug-likeness (QED) is 0.192. The van der Waals surface area contributed by atoms with Crippen LogP contribution in [0.1, 0.15) is 29.0 Å². The average Bonchev–Trinajstić information content (AvgIpc) is 3.38. The van der Waals surface area contributed by atoms with Crippen LogP contribution in [0.2, 0.25) is 0 Å². The summed E-state index contributed by atoms with van der Waals surface area (Å²) in [5, 5.41) is 42.5. The average molecular weight is 490 g/mol. The predicted molar refractivity (Wildman–Crippen MR) is 130 cm³/mol. The van der Waals surface area contributed by atoms with Crippen LogP contribution in [0.5, 0.6) is 0 Å². The maximum Gasteiger partial charge on any atom is 0.295 e. The van der Waals surface area contributed by atoms with Gasteiger partial charge in [0, 0.05) is 30.3 Å². The smallest absolute Gasteiger partial charge is 0.295 e. The first kappa shape index (κ1) is 23.5. The van der Waals surface area contributed by atoms with Crippen molar-refractivity contribution in [3.05, 3.63) is 77.9 Å². The van der Waals surface area contributed by atoms with Crippen molar-refractivity contribution < 1.29 is 19.4 Å². The minimum atomic E-state index is -1.33. The highest BCUT2D eigenvalue weighted by Gasteiger charge is 2.25. The normalized spacial score (nSPS) is 14.4. The lowest BCUT2D eigenvalue weighted by molar-refractivity contribution is -0.0950. The van der Waals surface area contributed by atoms with Gasteiger partial charge in [-0.1, -0.05) is 24.3 Å². The summed E-state index contributed by atoms with van der Waals surface area (Å²) in [7, 11) is 0. The number of halogens is 1. The number of likely N-dealkylation sites (tertiary alicyclic amines) is 1. The van der Waals surface area contributed by atoms with E-state index in [0.29, 0.717) is 43.0 Å². The number of rotatable bonds is 5. The first-order chi connectivity index (χ1) is 17.4. The number of carbonyl (C=O) groups is 1. The number of hydrogen-bond acceptors (Lipinski definition) is 7. The van der Waals surface area contributed by atoms with E-state index in [1.165, 1.54) is 6.07 Å². The van der Waals surface area contributed by atoms with Crippen molar-refractivity contribution >= 4 is 28.2 Å². The van der Waals surface area contributed by atoms with Gasteiger partial charge in [-0.25, -0.2) is 4.39 Å². The Morgan fingerprint density at radius 1 is 1.06 bits per heavy atom. The molecule has 0 bridgehead atoms. The molecule has 3 aromatic carbocycles. The number of fused-ring (bicyclic) bond motifs is 1. The number of aromatic nitrogens is 4. The molecule has 1 saturated heterocycles. The molecule has 11 heteroatoms. The Balaban J connectivity index is 1.29. The van der Waals surface area contributed by atoms with E-state index >= 15 is 0 Å². The van der Waals surface area contributed by atoms with Crippen LogP contribution >= 0.6 is 0 Å². The summed E-state index contributed by atoms with van der Waals surface area (Å²) < 4.78 is 15.9. The molecule has 0 atom stereocenters. The molecule has 1 aromatic heterocycles. The van der Waals surface area contributed by atoms with E-state index in [0.717, 1.165) is 15.5 Å². The summed E-state index contributed by atoms with van der Waals surface area (Å²) in [5.41, 5.74) is 1.19. The van der Waals surface area contributed by atoms with E-state index in [9.17, 15) is 19.4 Å². The highest BCUT2D eigenvalue weighted by Crippen LogP contribution is 2.24. The Labute approximate surface area is 205 Å². The van der Waals surface area contributed by atoms with Crippen LogP contribution in [-0.4, -0.2) is 66.4 Å². The van der Waals surface area contributed by atoms with E-state index in [2.05, 4.69) is 20.8 Å². The minimum absolute atomic E-state index is 0.0603. The molecule has 0 spiro atoms. The first-order valence-corrected chi connectivity index (χ1v) is 11.5. The number of nitrogens with zero attached hydrogens (tertiary/aromatic N) is 5. The number of carbonyl (C=O) groups excluding carboxylic acids is 1. The molecule has 0 radical (unpaired) electrons. The number of aliphatic hydroxyl groups is 2. The number of piperidine rings is 1. The maximum atomic E-state index is 14.8. The third-order valence-electron chi connectivity index (χ3n) is 6.41. The predicted octanol–water partition coefficient (Wildman–Crippen LogP) is 2.55. The van der Waals surface area contributed by atoms with Crippen LogP contribution in [-0.2, 0) is 0 Å². The van der Waals surface area contributed by atoms with E-state index in [1.54, 1.807) is 36.4 Å². The van der Waals surface area contributed by atoms with Gasteiger partial charge in [0.2, 0.25) is 5.82 Å². The number of amides is 1. The number of amidine groups is 1. The molecular weight excluding hydrogens is 465 g/mol. The van der Waals surface area contributed by atoms with Crippen LogP contribution in [0.15, 0.2) is 60.7 Å². The molecule has 1 aliphatic rings. The summed E-state index contributed by atoms with van der Waals surface area (Å²) in [6.45, 7) is 1.13. The molecule has 1 amide bonds. The summed E-state index contributed by atoms with van der Waals surface area (Å²) in [6.07, 6.45) is -0.135. The van der Waals surface area contributed by atoms with Crippen molar-refractivity contribution in [3.8, 4) is 5.69 Å². The third kappa shape index (κ3) is 4.66. The van der Waals surface area contributed by atoms with Gasteiger partial charge in [-0.2, -0.15) is 4.68 Å². The minimum Gasteiger partial charge on any atom is -0.368 e. The summed E-state index contributed by atoms with van der Waals surface area (Å²) in [4.78, 5) is 14.8. The first-order valence-electron chi connectivity index (χ1n) is 11.5. The Hall–Kier alpha value is -4.22. The number of hydrogen-bond donors (Lipinski definition) is 4. The number of nitrogens with one attached hydrogen (secondary N) is 2. The van der Waals surface area contributed by atoms with Crippen molar-refractivity contribution in [3.63, 3.8) is 0 Å². The number of aliphatic hydroxyl groups excluding tert-OH is 1. The van der Waals surface area contributed by atoms with Crippen molar-refractivity contribution in [2.45, 2.75) is 19.1 Å². The fraction of sp³-hybridized carbons (Fsp3) is 0.240. The number of anilines is 1. The van der Waals surface area contributed by atoms with Gasteiger partial charge in [0.15, 0.2) is 6.29 Å². The molecule has 4 N–H and O–H groups in total. The largest absolute Gasteiger partial charge is 0.368 e. The van der Waals surface area contributed by atoms with Crippen molar-refractivity contribution in [2.24, 2.45) is 5.92 Å². The van der Waals surface area contributed by atoms with Gasteiger partial charge < -0.3 is 20.4 Å². The Morgan fingerprint density at radius 2 is 1.72 bits per heavy atom. The molecule has 10 nitrogen and oxygen atoms in total. The van der Waals surface area contributed by atoms with E-state index in [1.807, 2.05) is 23.1 Å². The molecule has 1 fully saturated rings. The molecule has 4 aromatic rings. The zero-order chi connectivity index (χ0) is 25.2. The fourth-order valence-electron chi connectivity index (χ4n) is 4.36. The van der Waals surface area contributed by atoms with Gasteiger partial charge >= 0.3 is 0 Å². The van der Waals surface area contributed by atoms with Crippen molar-refractivity contribution in [2.75, 3.05) is 18.4 Å². The second kappa shape index (κ2) is 9.80. The van der Waals surface area contributed by atoms with Crippen molar-refractivity contribution in [1.29, 1.82) is 5.41 Å². The molecule has 2 heterocycles. The second-order valence-corrected chi connectivity index (χ2v) is 8.68. The molecule has 5 rings (SSSR count). The molecule has 1 aliphatic heterocycles. The Morgan fingerprint density at radius 3 is 2.39 bits per heavy atom. The lowest BCUT2D eigenvalue weighted by Crippen LogP contribution is -2.41. The Bertz CT molecular complexity index is 1410. The molecule has 0 aliphatic carbocycles. The van der Waals surface area contributed by atoms with Crippen LogP contribution in [0.3, 0.4) is 0 Å². The number of benzene rings is 3. The molecule has 36 heavy (non-hydrogen) atoms. The highest BCUT2D eigenvalue weighted by molar-refractivity contribution is 6.02. The maximum absolute atomic E-state index is 14.8. The monoisotopic (exact) mass is 489 g/mol. The lowest BCUT2D eigenvalue weighted by Gasteiger charge is -2.34. The highest BCUT2D eigenvalue weighted by atomic mass is 19.1. The van der Waals surface area contributed by atoms with Gasteiger partial charge in [-0.3, -0.25) is 10.2 Å². The van der Waals surface area contributed by atoms with E-state index in [-0.39, 0.29) is 17.4 Å². The van der Waals surface area contributed by atoms with Gasteiger partial charge in [-0.05, 0) is 70.4 Å².